The van der Waals surface area contributed by atoms with Crippen LogP contribution in [0.25, 0.3) is 0 Å². The van der Waals surface area contributed by atoms with E-state index in [1.807, 2.05) is 27.7 Å². The van der Waals surface area contributed by atoms with Crippen LogP contribution in [0.5, 0.6) is 0 Å². The second-order valence-electron chi connectivity index (χ2n) is 5.11. The van der Waals surface area contributed by atoms with Gasteiger partial charge in [-0.25, -0.2) is 0 Å². The van der Waals surface area contributed by atoms with Gasteiger partial charge < -0.3 is 31.3 Å². The Kier molecular flexibility index (Phi) is 15.3. The molecule has 0 aromatic rings. The summed E-state index contributed by atoms with van der Waals surface area (Å²) >= 11 is 0. The van der Waals surface area contributed by atoms with Gasteiger partial charge in [-0.3, -0.25) is 0 Å². The molecule has 7 heteroatoms. The van der Waals surface area contributed by atoms with Crippen LogP contribution in [0.2, 0.25) is 0 Å². The van der Waals surface area contributed by atoms with Crippen LogP contribution < -0.4 is 21.7 Å². The molecule has 0 aliphatic rings. The van der Waals surface area contributed by atoms with Crippen LogP contribution in [-0.4, -0.2) is 24.0 Å². The Morgan fingerprint density at radius 2 is 1.05 bits per heavy atom. The Hall–Kier alpha value is -0.646. The molecule has 0 radical (unpaired) electrons. The number of carbonyl (C=O) groups is 2. The summed E-state index contributed by atoms with van der Waals surface area (Å²) in [5, 5.41) is 20.0. The van der Waals surface area contributed by atoms with E-state index in [0.29, 0.717) is 24.7 Å². The van der Waals surface area contributed by atoms with Crippen LogP contribution in [0.3, 0.4) is 0 Å². The van der Waals surface area contributed by atoms with Crippen molar-refractivity contribution in [2.75, 3.05) is 0 Å². The SMILES string of the molecule is CC(C)C[C@@H](N)C(=O)[O-].CC(C)C[C@@H](N)C(=O)[O-].[Ni+2]. The number of hydrogen-bond donors (Lipinski definition) is 2. The minimum Gasteiger partial charge on any atom is -0.548 e. The average molecular weight is 319 g/mol. The Balaban J connectivity index is -0.000000256. The van der Waals surface area contributed by atoms with Gasteiger partial charge >= 0.3 is 16.5 Å². The third-order valence-electron chi connectivity index (χ3n) is 2.06. The largest absolute Gasteiger partial charge is 2.00 e. The summed E-state index contributed by atoms with van der Waals surface area (Å²) in [5.41, 5.74) is 10.3. The van der Waals surface area contributed by atoms with Gasteiger partial charge in [0.2, 0.25) is 0 Å². The first kappa shape index (κ1) is 23.4. The van der Waals surface area contributed by atoms with Crippen molar-refractivity contribution in [1.29, 1.82) is 0 Å². The molecule has 0 bridgehead atoms. The first-order valence-electron chi connectivity index (χ1n) is 6.00. The molecule has 0 amide bonds. The third kappa shape index (κ3) is 17.4. The van der Waals surface area contributed by atoms with Crippen LogP contribution in [0.1, 0.15) is 40.5 Å². The van der Waals surface area contributed by atoms with Crippen molar-refractivity contribution in [1.82, 2.24) is 0 Å². The molecule has 0 aromatic carbocycles. The zero-order valence-corrected chi connectivity index (χ0v) is 12.8. The Morgan fingerprint density at radius 1 is 0.842 bits per heavy atom. The number of hydrogen-bond acceptors (Lipinski definition) is 6. The van der Waals surface area contributed by atoms with E-state index in [9.17, 15) is 19.8 Å². The molecule has 19 heavy (non-hydrogen) atoms. The maximum absolute atomic E-state index is 10.00. The second kappa shape index (κ2) is 12.4. The number of nitrogens with two attached hydrogens (primary N) is 2. The fraction of sp³-hybridized carbons (Fsp3) is 0.833. The molecule has 0 unspecified atom stereocenters. The molecule has 6 nitrogen and oxygen atoms in total. The topological polar surface area (TPSA) is 132 Å². The summed E-state index contributed by atoms with van der Waals surface area (Å²) in [5.74, 6) is -1.69. The van der Waals surface area contributed by atoms with E-state index in [0.717, 1.165) is 0 Å². The molecule has 0 saturated carbocycles. The number of carbonyl (C=O) groups excluding carboxylic acids is 2. The molecule has 0 rings (SSSR count). The van der Waals surface area contributed by atoms with Gasteiger partial charge in [-0.1, -0.05) is 27.7 Å². The van der Waals surface area contributed by atoms with Gasteiger partial charge in [-0.2, -0.15) is 0 Å². The summed E-state index contributed by atoms with van der Waals surface area (Å²) < 4.78 is 0. The van der Waals surface area contributed by atoms with Crippen LogP contribution in [0.15, 0.2) is 0 Å². The Morgan fingerprint density at radius 3 is 1.11 bits per heavy atom. The van der Waals surface area contributed by atoms with E-state index < -0.39 is 24.0 Å². The molecular formula is C12H24N2NiO4. The van der Waals surface area contributed by atoms with Crippen molar-refractivity contribution < 1.29 is 36.3 Å². The molecule has 0 saturated heterocycles. The van der Waals surface area contributed by atoms with Crippen molar-refractivity contribution in [3.8, 4) is 0 Å². The molecule has 4 N–H and O–H groups in total. The van der Waals surface area contributed by atoms with Gasteiger partial charge in [-0.15, -0.1) is 0 Å². The average Bonchev–Trinajstić information content (AvgIpc) is 2.16. The molecule has 0 heterocycles. The predicted octanol–water partition coefficient (Wildman–Crippen LogP) is -1.78. The van der Waals surface area contributed by atoms with Crippen LogP contribution in [-0.2, 0) is 26.1 Å². The zero-order valence-electron chi connectivity index (χ0n) is 11.8. The van der Waals surface area contributed by atoms with Gasteiger partial charge in [0.15, 0.2) is 0 Å². The molecule has 0 spiro atoms. The molecule has 0 aliphatic heterocycles. The Bertz CT molecular complexity index is 234. The molecule has 2 atom stereocenters. The second-order valence-corrected chi connectivity index (χ2v) is 5.11. The number of aliphatic carboxylic acids is 2. The van der Waals surface area contributed by atoms with E-state index in [1.54, 1.807) is 0 Å². The zero-order chi connectivity index (χ0) is 14.9. The third-order valence-corrected chi connectivity index (χ3v) is 2.06. The van der Waals surface area contributed by atoms with Gasteiger partial charge in [0, 0.05) is 12.1 Å². The van der Waals surface area contributed by atoms with Crippen molar-refractivity contribution in [3.05, 3.63) is 0 Å². The minimum absolute atomic E-state index is 0. The molecule has 0 aliphatic carbocycles. The fourth-order valence-corrected chi connectivity index (χ4v) is 1.21. The van der Waals surface area contributed by atoms with Crippen LogP contribution in [0.4, 0.5) is 0 Å². The van der Waals surface area contributed by atoms with Crippen LogP contribution in [0, 0.1) is 11.8 Å². The van der Waals surface area contributed by atoms with E-state index in [1.165, 1.54) is 0 Å². The first-order chi connectivity index (χ1) is 8.07. The van der Waals surface area contributed by atoms with Crippen molar-refractivity contribution >= 4 is 11.9 Å². The fourth-order valence-electron chi connectivity index (χ4n) is 1.21. The standard InChI is InChI=1S/2C6H13NO2.Ni/c2*1-4(2)3-5(7)6(8)9;/h2*4-5H,3,7H2,1-2H3,(H,8,9);/q;;+2/p-2/t2*5-;/m11./s1. The van der Waals surface area contributed by atoms with Gasteiger partial charge in [0.1, 0.15) is 0 Å². The molecule has 0 aromatic heterocycles. The molecular weight excluding hydrogens is 295 g/mol. The van der Waals surface area contributed by atoms with E-state index in [4.69, 9.17) is 11.5 Å². The van der Waals surface area contributed by atoms with Crippen LogP contribution >= 0.6 is 0 Å². The first-order valence-corrected chi connectivity index (χ1v) is 6.00. The molecule has 0 fully saturated rings. The predicted molar refractivity (Wildman–Crippen MR) is 64.9 cm³/mol. The van der Waals surface area contributed by atoms with Crippen molar-refractivity contribution in [2.24, 2.45) is 23.3 Å². The Labute approximate surface area is 124 Å². The van der Waals surface area contributed by atoms with Gasteiger partial charge in [0.05, 0.1) is 11.9 Å². The summed E-state index contributed by atoms with van der Waals surface area (Å²) in [6.45, 7) is 7.68. The van der Waals surface area contributed by atoms with Gasteiger partial charge in [-0.05, 0) is 24.7 Å². The number of rotatable bonds is 6. The number of carboxylic acid groups (broad SMARTS) is 2. The number of carboxylic acids is 2. The summed E-state index contributed by atoms with van der Waals surface area (Å²) in [7, 11) is 0. The maximum atomic E-state index is 10.00. The molecule has 116 valence electrons. The minimum atomic E-state index is -1.16. The van der Waals surface area contributed by atoms with E-state index in [2.05, 4.69) is 0 Å². The van der Waals surface area contributed by atoms with Crippen molar-refractivity contribution in [2.45, 2.75) is 52.6 Å². The van der Waals surface area contributed by atoms with E-state index >= 15 is 0 Å². The van der Waals surface area contributed by atoms with Crippen molar-refractivity contribution in [3.63, 3.8) is 0 Å². The smallest absolute Gasteiger partial charge is 0.548 e. The monoisotopic (exact) mass is 318 g/mol. The van der Waals surface area contributed by atoms with E-state index in [-0.39, 0.29) is 16.5 Å². The summed E-state index contributed by atoms with van der Waals surface area (Å²) in [4.78, 5) is 20.0. The normalized spacial score (nSPS) is 13.1. The summed E-state index contributed by atoms with van der Waals surface area (Å²) in [6.07, 6.45) is 0.977. The maximum Gasteiger partial charge on any atom is 2.00 e. The quantitative estimate of drug-likeness (QED) is 0.556. The summed E-state index contributed by atoms with van der Waals surface area (Å²) in [6, 6.07) is -1.60. The van der Waals surface area contributed by atoms with Gasteiger partial charge in [0.25, 0.3) is 0 Å².